The third kappa shape index (κ3) is 2.88. The number of aryl methyl sites for hydroxylation is 1. The molecule has 7 nitrogen and oxygen atoms in total. The van der Waals surface area contributed by atoms with Crippen LogP contribution in [-0.4, -0.2) is 35.3 Å². The second-order valence-corrected chi connectivity index (χ2v) is 4.22. The van der Waals surface area contributed by atoms with E-state index in [1.165, 1.54) is 31.0 Å². The van der Waals surface area contributed by atoms with Crippen LogP contribution in [0.2, 0.25) is 0 Å². The van der Waals surface area contributed by atoms with Crippen molar-refractivity contribution in [3.8, 4) is 0 Å². The molecule has 0 saturated carbocycles. The number of ether oxygens (including phenoxy) is 1. The Kier molecular flexibility index (Phi) is 3.97. The third-order valence-electron chi connectivity index (χ3n) is 2.85. The van der Waals surface area contributed by atoms with Gasteiger partial charge in [0.15, 0.2) is 5.69 Å². The fourth-order valence-corrected chi connectivity index (χ4v) is 1.81. The maximum atomic E-state index is 13.3. The van der Waals surface area contributed by atoms with Crippen LogP contribution >= 0.6 is 0 Å². The lowest BCUT2D eigenvalue weighted by Crippen LogP contribution is -2.35. The Bertz CT molecular complexity index is 785. The van der Waals surface area contributed by atoms with Crippen LogP contribution in [0.1, 0.15) is 10.5 Å². The topological polar surface area (TPSA) is 90.3 Å². The van der Waals surface area contributed by atoms with Crippen molar-refractivity contribution in [2.75, 3.05) is 13.7 Å². The number of carbonyl (C=O) groups excluding carboxylic acids is 2. The standard InChI is InChI=1S/C13H12FN3O4/c1-17-9-4-3-7(14)5-8(9)12(19)11(16-17)13(20)15-6-10(18)21-2/h3-5H,6H2,1-2H3,(H,15,20). The second kappa shape index (κ2) is 5.70. The number of esters is 1. The molecule has 2 rings (SSSR count). The van der Waals surface area contributed by atoms with E-state index >= 15 is 0 Å². The normalized spacial score (nSPS) is 10.4. The van der Waals surface area contributed by atoms with Crippen molar-refractivity contribution in [2.24, 2.45) is 7.05 Å². The largest absolute Gasteiger partial charge is 0.468 e. The Balaban J connectivity index is 2.45. The number of carbonyl (C=O) groups is 2. The highest BCUT2D eigenvalue weighted by molar-refractivity contribution is 5.96. The number of nitrogens with one attached hydrogen (secondary N) is 1. The second-order valence-electron chi connectivity index (χ2n) is 4.22. The van der Waals surface area contributed by atoms with Crippen molar-refractivity contribution < 1.29 is 18.7 Å². The van der Waals surface area contributed by atoms with Crippen LogP contribution in [0.25, 0.3) is 10.9 Å². The number of hydrogen-bond acceptors (Lipinski definition) is 5. The Morgan fingerprint density at radius 1 is 1.43 bits per heavy atom. The monoisotopic (exact) mass is 293 g/mol. The minimum Gasteiger partial charge on any atom is -0.468 e. The molecule has 21 heavy (non-hydrogen) atoms. The minimum atomic E-state index is -0.827. The van der Waals surface area contributed by atoms with Crippen molar-refractivity contribution in [3.63, 3.8) is 0 Å². The molecule has 110 valence electrons. The predicted molar refractivity (Wildman–Crippen MR) is 71.3 cm³/mol. The summed E-state index contributed by atoms with van der Waals surface area (Å²) >= 11 is 0. The number of rotatable bonds is 3. The highest BCUT2D eigenvalue weighted by atomic mass is 19.1. The van der Waals surface area contributed by atoms with Gasteiger partial charge in [0.05, 0.1) is 18.0 Å². The van der Waals surface area contributed by atoms with E-state index in [2.05, 4.69) is 15.2 Å². The molecule has 8 heteroatoms. The molecule has 0 radical (unpaired) electrons. The van der Waals surface area contributed by atoms with E-state index < -0.39 is 28.8 Å². The summed E-state index contributed by atoms with van der Waals surface area (Å²) in [6.07, 6.45) is 0. The van der Waals surface area contributed by atoms with E-state index in [4.69, 9.17) is 0 Å². The molecular weight excluding hydrogens is 281 g/mol. The van der Waals surface area contributed by atoms with Crippen LogP contribution < -0.4 is 10.7 Å². The summed E-state index contributed by atoms with van der Waals surface area (Å²) in [5.74, 6) is -2.08. The number of amides is 1. The van der Waals surface area contributed by atoms with Gasteiger partial charge in [0.1, 0.15) is 12.4 Å². The lowest BCUT2D eigenvalue weighted by molar-refractivity contribution is -0.139. The zero-order valence-electron chi connectivity index (χ0n) is 11.3. The van der Waals surface area contributed by atoms with Gasteiger partial charge < -0.3 is 10.1 Å². The van der Waals surface area contributed by atoms with Crippen molar-refractivity contribution in [1.82, 2.24) is 15.1 Å². The molecule has 0 unspecified atom stereocenters. The smallest absolute Gasteiger partial charge is 0.325 e. The molecule has 0 atom stereocenters. The zero-order valence-corrected chi connectivity index (χ0v) is 11.3. The molecule has 0 saturated heterocycles. The van der Waals surface area contributed by atoms with Crippen LogP contribution in [-0.2, 0) is 16.6 Å². The number of nitrogens with zero attached hydrogens (tertiary/aromatic N) is 2. The van der Waals surface area contributed by atoms with Gasteiger partial charge in [-0.05, 0) is 18.2 Å². The Hall–Kier alpha value is -2.77. The van der Waals surface area contributed by atoms with E-state index in [9.17, 15) is 18.8 Å². The van der Waals surface area contributed by atoms with Crippen molar-refractivity contribution in [1.29, 1.82) is 0 Å². The van der Waals surface area contributed by atoms with Gasteiger partial charge in [-0.1, -0.05) is 0 Å². The SMILES string of the molecule is COC(=O)CNC(=O)c1nn(C)c2ccc(F)cc2c1=O. The van der Waals surface area contributed by atoms with Gasteiger partial charge in [-0.25, -0.2) is 4.39 Å². The number of hydrogen-bond donors (Lipinski definition) is 1. The summed E-state index contributed by atoms with van der Waals surface area (Å²) in [4.78, 5) is 35.0. The number of fused-ring (bicyclic) bond motifs is 1. The van der Waals surface area contributed by atoms with Crippen LogP contribution in [0.3, 0.4) is 0 Å². The lowest BCUT2D eigenvalue weighted by Gasteiger charge is -2.08. The van der Waals surface area contributed by atoms with Gasteiger partial charge in [0, 0.05) is 7.05 Å². The first-order valence-corrected chi connectivity index (χ1v) is 5.95. The van der Waals surface area contributed by atoms with Crippen LogP contribution in [0.5, 0.6) is 0 Å². The quantitative estimate of drug-likeness (QED) is 0.803. The zero-order chi connectivity index (χ0) is 15.6. The molecule has 2 aromatic rings. The molecule has 0 bridgehead atoms. The van der Waals surface area contributed by atoms with E-state index in [0.717, 1.165) is 6.07 Å². The first-order chi connectivity index (χ1) is 9.93. The molecule has 0 fully saturated rings. The molecule has 0 spiro atoms. The van der Waals surface area contributed by atoms with Gasteiger partial charge in [-0.2, -0.15) is 5.10 Å². The van der Waals surface area contributed by atoms with E-state index in [1.54, 1.807) is 0 Å². The Labute approximate surface area is 118 Å². The van der Waals surface area contributed by atoms with Crippen molar-refractivity contribution >= 4 is 22.8 Å². The molecule has 1 heterocycles. The molecule has 1 aromatic heterocycles. The molecule has 1 aromatic carbocycles. The molecular formula is C13H12FN3O4. The maximum absolute atomic E-state index is 13.3. The number of methoxy groups -OCH3 is 1. The fraction of sp³-hybridized carbons (Fsp3) is 0.231. The molecule has 1 N–H and O–H groups in total. The summed E-state index contributed by atoms with van der Waals surface area (Å²) in [5.41, 5.74) is -0.726. The number of benzene rings is 1. The summed E-state index contributed by atoms with van der Waals surface area (Å²) in [6.45, 7) is -0.388. The van der Waals surface area contributed by atoms with E-state index in [0.29, 0.717) is 5.52 Å². The van der Waals surface area contributed by atoms with E-state index in [-0.39, 0.29) is 11.9 Å². The predicted octanol–water partition coefficient (Wildman–Crippen LogP) is -0.0246. The molecule has 0 aliphatic rings. The van der Waals surface area contributed by atoms with Gasteiger partial charge in [-0.3, -0.25) is 19.1 Å². The highest BCUT2D eigenvalue weighted by Crippen LogP contribution is 2.10. The average Bonchev–Trinajstić information content (AvgIpc) is 2.47. The molecule has 1 amide bonds. The summed E-state index contributed by atoms with van der Waals surface area (Å²) in [7, 11) is 2.70. The third-order valence-corrected chi connectivity index (χ3v) is 2.85. The molecule has 0 aliphatic heterocycles. The van der Waals surface area contributed by atoms with Gasteiger partial charge >= 0.3 is 5.97 Å². The van der Waals surface area contributed by atoms with Gasteiger partial charge in [0.25, 0.3) is 5.91 Å². The summed E-state index contributed by atoms with van der Waals surface area (Å²) < 4.78 is 18.9. The Morgan fingerprint density at radius 2 is 2.14 bits per heavy atom. The lowest BCUT2D eigenvalue weighted by atomic mass is 10.2. The summed E-state index contributed by atoms with van der Waals surface area (Å²) in [5, 5.41) is 6.10. The van der Waals surface area contributed by atoms with Gasteiger partial charge in [0.2, 0.25) is 5.43 Å². The van der Waals surface area contributed by atoms with E-state index in [1.807, 2.05) is 0 Å². The first-order valence-electron chi connectivity index (χ1n) is 5.95. The average molecular weight is 293 g/mol. The number of aromatic nitrogens is 2. The molecule has 0 aliphatic carbocycles. The van der Waals surface area contributed by atoms with Crippen LogP contribution in [0.4, 0.5) is 4.39 Å². The van der Waals surface area contributed by atoms with Crippen molar-refractivity contribution in [3.05, 3.63) is 39.9 Å². The van der Waals surface area contributed by atoms with Crippen LogP contribution in [0, 0.1) is 5.82 Å². The number of halogens is 1. The Morgan fingerprint density at radius 3 is 2.81 bits per heavy atom. The fourth-order valence-electron chi connectivity index (χ4n) is 1.81. The minimum absolute atomic E-state index is 0.0377. The first kappa shape index (κ1) is 14.6. The van der Waals surface area contributed by atoms with Gasteiger partial charge in [-0.15, -0.1) is 0 Å². The highest BCUT2D eigenvalue weighted by Gasteiger charge is 2.17. The maximum Gasteiger partial charge on any atom is 0.325 e. The van der Waals surface area contributed by atoms with Crippen LogP contribution in [0.15, 0.2) is 23.0 Å². The van der Waals surface area contributed by atoms with Crippen molar-refractivity contribution in [2.45, 2.75) is 0 Å². The summed E-state index contributed by atoms with van der Waals surface area (Å²) in [6, 6.07) is 3.63.